The lowest BCUT2D eigenvalue weighted by Crippen LogP contribution is -2.13. The lowest BCUT2D eigenvalue weighted by atomic mass is 10.2. The Hall–Kier alpha value is -3.06. The van der Waals surface area contributed by atoms with Crippen LogP contribution in [-0.4, -0.2) is 25.5 Å². The Morgan fingerprint density at radius 2 is 2.13 bits per heavy atom. The number of carbonyl (C=O) groups excluding carboxylic acids is 1. The second-order valence-electron chi connectivity index (χ2n) is 4.82. The number of rotatable bonds is 3. The number of thiophene rings is 1. The van der Waals surface area contributed by atoms with Crippen LogP contribution in [0.3, 0.4) is 0 Å². The maximum atomic E-state index is 12.2. The fourth-order valence-electron chi connectivity index (χ4n) is 2.26. The molecular weight excluding hydrogens is 310 g/mol. The SMILES string of the molecule is O=C(Nc1nc2cccc(-c3ccsc3)n2n1)c1cccnc1. The number of hydrogen-bond acceptors (Lipinski definition) is 5. The maximum Gasteiger partial charge on any atom is 0.259 e. The van der Waals surface area contributed by atoms with Gasteiger partial charge in [0, 0.05) is 23.3 Å². The van der Waals surface area contributed by atoms with Crippen LogP contribution in [0.5, 0.6) is 0 Å². The molecule has 0 unspecified atom stereocenters. The average molecular weight is 321 g/mol. The van der Waals surface area contributed by atoms with Crippen LogP contribution < -0.4 is 5.32 Å². The Balaban J connectivity index is 1.70. The zero-order valence-electron chi connectivity index (χ0n) is 11.9. The first kappa shape index (κ1) is 13.6. The molecule has 4 aromatic heterocycles. The minimum Gasteiger partial charge on any atom is -0.289 e. The third-order valence-corrected chi connectivity index (χ3v) is 4.01. The molecule has 23 heavy (non-hydrogen) atoms. The van der Waals surface area contributed by atoms with Crippen LogP contribution in [0.4, 0.5) is 5.95 Å². The van der Waals surface area contributed by atoms with Gasteiger partial charge < -0.3 is 0 Å². The van der Waals surface area contributed by atoms with Gasteiger partial charge in [0.05, 0.1) is 11.3 Å². The fraction of sp³-hybridized carbons (Fsp3) is 0. The second kappa shape index (κ2) is 5.62. The van der Waals surface area contributed by atoms with Crippen LogP contribution >= 0.6 is 11.3 Å². The number of carbonyl (C=O) groups is 1. The Morgan fingerprint density at radius 1 is 1.17 bits per heavy atom. The van der Waals surface area contributed by atoms with Gasteiger partial charge in [-0.15, -0.1) is 5.10 Å². The van der Waals surface area contributed by atoms with Crippen LogP contribution in [0.25, 0.3) is 16.9 Å². The largest absolute Gasteiger partial charge is 0.289 e. The van der Waals surface area contributed by atoms with Crippen molar-refractivity contribution in [1.29, 1.82) is 0 Å². The summed E-state index contributed by atoms with van der Waals surface area (Å²) in [7, 11) is 0. The molecular formula is C16H11N5OS. The maximum absolute atomic E-state index is 12.2. The van der Waals surface area contributed by atoms with Gasteiger partial charge in [-0.25, -0.2) is 4.52 Å². The van der Waals surface area contributed by atoms with Crippen LogP contribution in [0, 0.1) is 0 Å². The van der Waals surface area contributed by atoms with Gasteiger partial charge in [0.1, 0.15) is 0 Å². The van der Waals surface area contributed by atoms with E-state index in [1.807, 2.05) is 35.0 Å². The summed E-state index contributed by atoms with van der Waals surface area (Å²) in [6.45, 7) is 0. The van der Waals surface area contributed by atoms with Crippen molar-refractivity contribution in [2.75, 3.05) is 5.32 Å². The third kappa shape index (κ3) is 2.58. The molecule has 0 spiro atoms. The van der Waals surface area contributed by atoms with E-state index in [9.17, 15) is 4.79 Å². The average Bonchev–Trinajstić information content (AvgIpc) is 3.24. The first-order chi connectivity index (χ1) is 11.3. The molecule has 0 bridgehead atoms. The molecule has 0 atom stereocenters. The third-order valence-electron chi connectivity index (χ3n) is 3.33. The van der Waals surface area contributed by atoms with Crippen molar-refractivity contribution in [3.63, 3.8) is 0 Å². The monoisotopic (exact) mass is 321 g/mol. The second-order valence-corrected chi connectivity index (χ2v) is 5.60. The summed E-state index contributed by atoms with van der Waals surface area (Å²) >= 11 is 1.62. The summed E-state index contributed by atoms with van der Waals surface area (Å²) in [5.74, 6) is -0.0207. The normalized spacial score (nSPS) is 10.8. The van der Waals surface area contributed by atoms with E-state index in [1.165, 1.54) is 6.20 Å². The molecule has 4 heterocycles. The van der Waals surface area contributed by atoms with Crippen molar-refractivity contribution in [3.8, 4) is 11.3 Å². The van der Waals surface area contributed by atoms with Gasteiger partial charge in [0.2, 0.25) is 5.95 Å². The zero-order valence-corrected chi connectivity index (χ0v) is 12.7. The topological polar surface area (TPSA) is 72.2 Å². The van der Waals surface area contributed by atoms with Gasteiger partial charge in [0.15, 0.2) is 5.65 Å². The standard InChI is InChI=1S/C16H11N5OS/c22-15(11-3-2-7-17-9-11)19-16-18-14-5-1-4-13(21(14)20-16)12-6-8-23-10-12/h1-10H,(H,19,20,22). The lowest BCUT2D eigenvalue weighted by Gasteiger charge is -2.00. The molecule has 7 heteroatoms. The first-order valence-electron chi connectivity index (χ1n) is 6.91. The van der Waals surface area contributed by atoms with Crippen LogP contribution in [0.2, 0.25) is 0 Å². The molecule has 0 fully saturated rings. The number of fused-ring (bicyclic) bond motifs is 1. The summed E-state index contributed by atoms with van der Waals surface area (Å²) in [4.78, 5) is 20.4. The molecule has 4 aromatic rings. The number of nitrogens with zero attached hydrogens (tertiary/aromatic N) is 4. The Bertz CT molecular complexity index is 963. The van der Waals surface area contributed by atoms with Gasteiger partial charge in [-0.05, 0) is 35.7 Å². The van der Waals surface area contributed by atoms with Crippen molar-refractivity contribution in [1.82, 2.24) is 19.6 Å². The van der Waals surface area contributed by atoms with E-state index in [4.69, 9.17) is 0 Å². The molecule has 0 aromatic carbocycles. The Labute approximate surface area is 135 Å². The van der Waals surface area contributed by atoms with Crippen molar-refractivity contribution in [2.45, 2.75) is 0 Å². The van der Waals surface area contributed by atoms with Crippen molar-refractivity contribution < 1.29 is 4.79 Å². The zero-order chi connectivity index (χ0) is 15.6. The molecule has 0 radical (unpaired) electrons. The Kier molecular flexibility index (Phi) is 3.32. The van der Waals surface area contributed by atoms with E-state index in [2.05, 4.69) is 20.4 Å². The Morgan fingerprint density at radius 3 is 2.91 bits per heavy atom. The molecule has 0 aliphatic carbocycles. The predicted molar refractivity (Wildman–Crippen MR) is 88.5 cm³/mol. The van der Waals surface area contributed by atoms with Crippen LogP contribution in [-0.2, 0) is 0 Å². The van der Waals surface area contributed by atoms with E-state index in [0.29, 0.717) is 11.2 Å². The molecule has 0 aliphatic rings. The van der Waals surface area contributed by atoms with Gasteiger partial charge in [0.25, 0.3) is 5.91 Å². The molecule has 4 rings (SSSR count). The molecule has 0 saturated carbocycles. The number of aromatic nitrogens is 4. The highest BCUT2D eigenvalue weighted by molar-refractivity contribution is 7.08. The number of amides is 1. The summed E-state index contributed by atoms with van der Waals surface area (Å²) in [6.07, 6.45) is 3.12. The van der Waals surface area contributed by atoms with Crippen LogP contribution in [0.15, 0.2) is 59.6 Å². The summed E-state index contributed by atoms with van der Waals surface area (Å²) in [5.41, 5.74) is 3.13. The van der Waals surface area contributed by atoms with Gasteiger partial charge in [-0.2, -0.15) is 16.3 Å². The van der Waals surface area contributed by atoms with Crippen molar-refractivity contribution in [3.05, 3.63) is 65.1 Å². The minimum absolute atomic E-state index is 0.265. The van der Waals surface area contributed by atoms with Crippen LogP contribution in [0.1, 0.15) is 10.4 Å². The van der Waals surface area contributed by atoms with E-state index in [0.717, 1.165) is 11.3 Å². The first-order valence-corrected chi connectivity index (χ1v) is 7.85. The molecule has 112 valence electrons. The number of pyridine rings is 2. The highest BCUT2D eigenvalue weighted by Gasteiger charge is 2.12. The van der Waals surface area contributed by atoms with Crippen molar-refractivity contribution >= 4 is 28.8 Å². The predicted octanol–water partition coefficient (Wildman–Crippen LogP) is 3.11. The highest BCUT2D eigenvalue weighted by atomic mass is 32.1. The van der Waals surface area contributed by atoms with E-state index >= 15 is 0 Å². The van der Waals surface area contributed by atoms with Gasteiger partial charge >= 0.3 is 0 Å². The minimum atomic E-state index is -0.286. The van der Waals surface area contributed by atoms with E-state index in [1.54, 1.807) is 34.2 Å². The number of anilines is 1. The summed E-state index contributed by atoms with van der Waals surface area (Å²) < 4.78 is 1.72. The van der Waals surface area contributed by atoms with Gasteiger partial charge in [-0.1, -0.05) is 6.07 Å². The molecule has 1 N–H and O–H groups in total. The fourth-order valence-corrected chi connectivity index (χ4v) is 2.91. The quantitative estimate of drug-likeness (QED) is 0.629. The molecule has 0 aliphatic heterocycles. The lowest BCUT2D eigenvalue weighted by molar-refractivity contribution is 0.102. The molecule has 1 amide bonds. The molecule has 0 saturated heterocycles. The van der Waals surface area contributed by atoms with Gasteiger partial charge in [-0.3, -0.25) is 15.1 Å². The summed E-state index contributed by atoms with van der Waals surface area (Å²) in [6, 6.07) is 11.2. The smallest absolute Gasteiger partial charge is 0.259 e. The van der Waals surface area contributed by atoms with E-state index in [-0.39, 0.29) is 11.9 Å². The molecule has 6 nitrogen and oxygen atoms in total. The number of nitrogens with one attached hydrogen (secondary N) is 1. The van der Waals surface area contributed by atoms with E-state index < -0.39 is 0 Å². The number of hydrogen-bond donors (Lipinski definition) is 1. The summed E-state index contributed by atoms with van der Waals surface area (Å²) in [5, 5.41) is 11.1. The highest BCUT2D eigenvalue weighted by Crippen LogP contribution is 2.23. The van der Waals surface area contributed by atoms with Crippen molar-refractivity contribution in [2.24, 2.45) is 0 Å².